The second kappa shape index (κ2) is 10.4. The van der Waals surface area contributed by atoms with Gasteiger partial charge < -0.3 is 20.7 Å². The lowest BCUT2D eigenvalue weighted by molar-refractivity contribution is 0.0601. The van der Waals surface area contributed by atoms with E-state index >= 15 is 0 Å². The fourth-order valence-electron chi connectivity index (χ4n) is 2.22. The van der Waals surface area contributed by atoms with Gasteiger partial charge in [-0.2, -0.15) is 0 Å². The summed E-state index contributed by atoms with van der Waals surface area (Å²) in [5.74, 6) is -1.03. The average molecular weight is 540 g/mol. The van der Waals surface area contributed by atoms with E-state index in [4.69, 9.17) is 51.8 Å². The van der Waals surface area contributed by atoms with Crippen LogP contribution in [0.25, 0.3) is 0 Å². The molecule has 0 spiro atoms. The lowest BCUT2D eigenvalue weighted by Crippen LogP contribution is -2.56. The van der Waals surface area contributed by atoms with Crippen molar-refractivity contribution < 1.29 is 14.3 Å². The summed E-state index contributed by atoms with van der Waals surface area (Å²) in [6.07, 6.45) is -1.17. The number of ether oxygens (including phenoxy) is 1. The van der Waals surface area contributed by atoms with Gasteiger partial charge in [0.25, 0.3) is 5.91 Å². The van der Waals surface area contributed by atoms with Crippen molar-refractivity contribution >= 4 is 85.6 Å². The first kappa shape index (κ1) is 23.7. The number of esters is 1. The molecular weight excluding hydrogens is 525 g/mol. The molecule has 0 heterocycles. The molecule has 1 amide bonds. The van der Waals surface area contributed by atoms with Crippen LogP contribution in [0.1, 0.15) is 20.7 Å². The molecule has 3 N–H and O–H groups in total. The molecule has 0 saturated heterocycles. The van der Waals surface area contributed by atoms with Crippen molar-refractivity contribution in [3.8, 4) is 0 Å². The lowest BCUT2D eigenvalue weighted by Gasteiger charge is -2.28. The third-order valence-electron chi connectivity index (χ3n) is 3.58. The number of carbonyl (C=O) groups is 2. The summed E-state index contributed by atoms with van der Waals surface area (Å²) in [4.78, 5) is 24.4. The van der Waals surface area contributed by atoms with E-state index in [1.165, 1.54) is 7.11 Å². The molecule has 0 saturated carbocycles. The van der Waals surface area contributed by atoms with Gasteiger partial charge in [-0.15, -0.1) is 0 Å². The Morgan fingerprint density at radius 2 is 1.62 bits per heavy atom. The van der Waals surface area contributed by atoms with Gasteiger partial charge in [0.1, 0.15) is 6.17 Å². The highest BCUT2D eigenvalue weighted by Crippen LogP contribution is 2.30. The van der Waals surface area contributed by atoms with Crippen molar-refractivity contribution in [3.63, 3.8) is 0 Å². The van der Waals surface area contributed by atoms with Gasteiger partial charge in [-0.05, 0) is 52.4 Å². The topological polar surface area (TPSA) is 79.5 Å². The number of halogens is 4. The second-order valence-electron chi connectivity index (χ2n) is 5.56. The Bertz CT molecular complexity index is 924. The highest BCUT2D eigenvalue weighted by atomic mass is 79.9. The van der Waals surface area contributed by atoms with Crippen molar-refractivity contribution in [1.29, 1.82) is 0 Å². The normalized spacial score (nSPS) is 11.9. The van der Waals surface area contributed by atoms with Crippen LogP contribution in [0.5, 0.6) is 0 Å². The summed E-state index contributed by atoms with van der Waals surface area (Å²) in [5.41, 5.74) is 1.00. The summed E-state index contributed by atoms with van der Waals surface area (Å²) in [5, 5.41) is 8.17. The molecule has 1 atom stereocenters. The number of alkyl halides is 3. The molecule has 0 aromatic heterocycles. The molecule has 2 aromatic rings. The zero-order valence-corrected chi connectivity index (χ0v) is 19.5. The molecule has 154 valence electrons. The van der Waals surface area contributed by atoms with Gasteiger partial charge in [-0.25, -0.2) is 4.79 Å². The monoisotopic (exact) mass is 537 g/mol. The van der Waals surface area contributed by atoms with Crippen molar-refractivity contribution in [3.05, 3.63) is 64.1 Å². The molecule has 2 rings (SSSR count). The van der Waals surface area contributed by atoms with Crippen LogP contribution >= 0.6 is 63.0 Å². The van der Waals surface area contributed by atoms with Crippen LogP contribution in [0, 0.1) is 0 Å². The second-order valence-corrected chi connectivity index (χ2v) is 9.20. The maximum atomic E-state index is 12.6. The number of nitrogens with one attached hydrogen (secondary N) is 3. The number of hydrogen-bond acceptors (Lipinski definition) is 4. The van der Waals surface area contributed by atoms with Crippen LogP contribution in [-0.2, 0) is 4.74 Å². The van der Waals surface area contributed by atoms with Gasteiger partial charge in [-0.3, -0.25) is 4.79 Å². The van der Waals surface area contributed by atoms with Crippen molar-refractivity contribution in [2.24, 2.45) is 0 Å². The smallest absolute Gasteiger partial charge is 0.339 e. The van der Waals surface area contributed by atoms with Crippen molar-refractivity contribution in [2.45, 2.75) is 9.96 Å². The molecule has 0 bridgehead atoms. The largest absolute Gasteiger partial charge is 0.465 e. The van der Waals surface area contributed by atoms with Gasteiger partial charge in [-0.1, -0.05) is 59.1 Å². The Kier molecular flexibility index (Phi) is 8.54. The fourth-order valence-corrected chi connectivity index (χ4v) is 3.24. The molecule has 6 nitrogen and oxygen atoms in total. The molecule has 0 aliphatic rings. The zero-order chi connectivity index (χ0) is 21.6. The molecule has 0 aliphatic heterocycles. The van der Waals surface area contributed by atoms with E-state index < -0.39 is 21.8 Å². The Labute approximate surface area is 196 Å². The minimum atomic E-state index is -1.93. The minimum absolute atomic E-state index is 0.0186. The van der Waals surface area contributed by atoms with E-state index in [-0.39, 0.29) is 10.7 Å². The number of anilines is 1. The number of carbonyl (C=O) groups excluding carboxylic acids is 2. The van der Waals surface area contributed by atoms with Gasteiger partial charge in [0, 0.05) is 4.47 Å². The maximum Gasteiger partial charge on any atom is 0.339 e. The number of thiocarbonyl (C=S) groups is 1. The Balaban J connectivity index is 2.15. The predicted molar refractivity (Wildman–Crippen MR) is 123 cm³/mol. The quantitative estimate of drug-likeness (QED) is 0.222. The summed E-state index contributed by atoms with van der Waals surface area (Å²) in [7, 11) is 1.27. The summed E-state index contributed by atoms with van der Waals surface area (Å²) < 4.78 is 3.39. The number of para-hydroxylation sites is 1. The van der Waals surface area contributed by atoms with Crippen molar-refractivity contribution in [2.75, 3.05) is 12.4 Å². The number of rotatable bonds is 5. The summed E-state index contributed by atoms with van der Waals surface area (Å²) in [6.45, 7) is 0. The SMILES string of the molecule is COC(=O)c1ccccc1NC(=S)N[C@H](NC(=O)c1ccccc1Br)C(Cl)(Cl)Cl. The van der Waals surface area contributed by atoms with E-state index in [0.717, 1.165) is 0 Å². The number of benzene rings is 2. The standard InChI is InChI=1S/C18H15BrCl3N3O3S/c1-28-15(27)11-7-3-5-9-13(11)23-17(29)25-16(18(20,21)22)24-14(26)10-6-2-4-8-12(10)19/h2-9,16H,1H3,(H,24,26)(H2,23,25,29)/t16-/m0/s1. The van der Waals surface area contributed by atoms with E-state index in [1.807, 2.05) is 0 Å². The van der Waals surface area contributed by atoms with Crippen LogP contribution in [-0.4, -0.2) is 34.1 Å². The Morgan fingerprint density at radius 1 is 1.03 bits per heavy atom. The third kappa shape index (κ3) is 6.72. The fraction of sp³-hybridized carbons (Fsp3) is 0.167. The maximum absolute atomic E-state index is 12.6. The Hall–Kier alpha value is -1.58. The summed E-state index contributed by atoms with van der Waals surface area (Å²) >= 11 is 26.6. The number of methoxy groups -OCH3 is 1. The molecule has 11 heteroatoms. The summed E-state index contributed by atoms with van der Waals surface area (Å²) in [6, 6.07) is 13.4. The Morgan fingerprint density at radius 3 is 2.21 bits per heavy atom. The van der Waals surface area contributed by atoms with Gasteiger partial charge in [0.2, 0.25) is 3.79 Å². The molecular formula is C18H15BrCl3N3O3S. The van der Waals surface area contributed by atoms with Crippen LogP contribution in [0.2, 0.25) is 0 Å². The third-order valence-corrected chi connectivity index (χ3v) is 5.14. The van der Waals surface area contributed by atoms with Crippen LogP contribution in [0.3, 0.4) is 0 Å². The average Bonchev–Trinajstić information content (AvgIpc) is 2.66. The predicted octanol–water partition coefficient (Wildman–Crippen LogP) is 4.65. The first-order chi connectivity index (χ1) is 13.6. The van der Waals surface area contributed by atoms with E-state index in [2.05, 4.69) is 31.9 Å². The van der Waals surface area contributed by atoms with Crippen LogP contribution in [0.4, 0.5) is 5.69 Å². The molecule has 0 aliphatic carbocycles. The zero-order valence-electron chi connectivity index (χ0n) is 14.8. The molecule has 0 unspecified atom stereocenters. The van der Waals surface area contributed by atoms with Crippen LogP contribution < -0.4 is 16.0 Å². The molecule has 29 heavy (non-hydrogen) atoms. The number of hydrogen-bond donors (Lipinski definition) is 3. The number of amides is 1. The molecule has 2 aromatic carbocycles. The molecule has 0 fully saturated rings. The van der Waals surface area contributed by atoms with Gasteiger partial charge >= 0.3 is 5.97 Å². The van der Waals surface area contributed by atoms with E-state index in [1.54, 1.807) is 48.5 Å². The highest BCUT2D eigenvalue weighted by Gasteiger charge is 2.35. The van der Waals surface area contributed by atoms with Crippen LogP contribution in [0.15, 0.2) is 53.0 Å². The lowest BCUT2D eigenvalue weighted by atomic mass is 10.2. The first-order valence-corrected chi connectivity index (χ1v) is 10.3. The van der Waals surface area contributed by atoms with E-state index in [0.29, 0.717) is 15.7 Å². The van der Waals surface area contributed by atoms with Gasteiger partial charge in [0.05, 0.1) is 23.9 Å². The minimum Gasteiger partial charge on any atom is -0.465 e. The van der Waals surface area contributed by atoms with Gasteiger partial charge in [0.15, 0.2) is 5.11 Å². The van der Waals surface area contributed by atoms with E-state index in [9.17, 15) is 9.59 Å². The first-order valence-electron chi connectivity index (χ1n) is 8.00. The van der Waals surface area contributed by atoms with Crippen molar-refractivity contribution in [1.82, 2.24) is 10.6 Å². The highest BCUT2D eigenvalue weighted by molar-refractivity contribution is 9.10. The molecule has 0 radical (unpaired) electrons.